The van der Waals surface area contributed by atoms with E-state index in [2.05, 4.69) is 10.1 Å². The predicted octanol–water partition coefficient (Wildman–Crippen LogP) is 3.51. The molecule has 1 N–H and O–H groups in total. The van der Waals surface area contributed by atoms with E-state index in [1.165, 1.54) is 18.9 Å². The standard InChI is InChI=1S/C21H23NO5S/c1-14-4-9-18(15(2)10-14)22-19(23)12-28-13-20(24)27-11-16-5-7-17(8-6-16)21(25)26-3/h4-10H,11-13H2,1-3H3,(H,22,23). The lowest BCUT2D eigenvalue weighted by atomic mass is 10.1. The summed E-state index contributed by atoms with van der Waals surface area (Å²) in [6, 6.07) is 12.4. The first kappa shape index (κ1) is 21.5. The van der Waals surface area contributed by atoms with Crippen molar-refractivity contribution >= 4 is 35.3 Å². The largest absolute Gasteiger partial charge is 0.465 e. The van der Waals surface area contributed by atoms with Gasteiger partial charge in [0.05, 0.1) is 24.2 Å². The Morgan fingerprint density at radius 1 is 1.00 bits per heavy atom. The Morgan fingerprint density at radius 3 is 2.36 bits per heavy atom. The number of esters is 2. The Kier molecular flexibility index (Phi) is 8.07. The monoisotopic (exact) mass is 401 g/mol. The summed E-state index contributed by atoms with van der Waals surface area (Å²) >= 11 is 1.19. The quantitative estimate of drug-likeness (QED) is 0.682. The molecule has 0 aliphatic heterocycles. The molecule has 7 heteroatoms. The molecule has 0 radical (unpaired) electrons. The number of carbonyl (C=O) groups is 3. The summed E-state index contributed by atoms with van der Waals surface area (Å²) in [7, 11) is 1.32. The predicted molar refractivity (Wildman–Crippen MR) is 109 cm³/mol. The summed E-state index contributed by atoms with van der Waals surface area (Å²) in [5.41, 5.74) is 4.10. The summed E-state index contributed by atoms with van der Waals surface area (Å²) < 4.78 is 9.81. The molecule has 28 heavy (non-hydrogen) atoms. The summed E-state index contributed by atoms with van der Waals surface area (Å²) in [5.74, 6) is -0.736. The highest BCUT2D eigenvalue weighted by Gasteiger charge is 2.09. The Morgan fingerprint density at radius 2 is 1.71 bits per heavy atom. The van der Waals surface area contributed by atoms with Crippen LogP contribution in [-0.4, -0.2) is 36.5 Å². The van der Waals surface area contributed by atoms with Gasteiger partial charge in [-0.1, -0.05) is 29.8 Å². The zero-order valence-corrected chi connectivity index (χ0v) is 16.9. The maximum absolute atomic E-state index is 12.0. The molecule has 0 aromatic heterocycles. The van der Waals surface area contributed by atoms with Crippen molar-refractivity contribution in [2.75, 3.05) is 23.9 Å². The van der Waals surface area contributed by atoms with Gasteiger partial charge < -0.3 is 14.8 Å². The molecular weight excluding hydrogens is 378 g/mol. The lowest BCUT2D eigenvalue weighted by molar-refractivity contribution is -0.141. The van der Waals surface area contributed by atoms with Crippen molar-refractivity contribution in [2.24, 2.45) is 0 Å². The van der Waals surface area contributed by atoms with Crippen LogP contribution in [0, 0.1) is 13.8 Å². The number of hydrogen-bond donors (Lipinski definition) is 1. The van der Waals surface area contributed by atoms with Gasteiger partial charge in [-0.05, 0) is 43.2 Å². The molecule has 0 fully saturated rings. The fraction of sp³-hybridized carbons (Fsp3) is 0.286. The Labute approximate surface area is 168 Å². The minimum atomic E-state index is -0.418. The number of carbonyl (C=O) groups excluding carboxylic acids is 3. The van der Waals surface area contributed by atoms with E-state index in [-0.39, 0.29) is 24.0 Å². The second-order valence-corrected chi connectivity index (χ2v) is 7.19. The molecule has 0 unspecified atom stereocenters. The van der Waals surface area contributed by atoms with Crippen LogP contribution < -0.4 is 5.32 Å². The van der Waals surface area contributed by atoms with Crippen LogP contribution in [0.2, 0.25) is 0 Å². The third kappa shape index (κ3) is 6.74. The minimum Gasteiger partial charge on any atom is -0.465 e. The number of ether oxygens (including phenoxy) is 2. The van der Waals surface area contributed by atoms with Crippen molar-refractivity contribution < 1.29 is 23.9 Å². The van der Waals surface area contributed by atoms with Gasteiger partial charge in [0.15, 0.2) is 0 Å². The number of amides is 1. The van der Waals surface area contributed by atoms with Gasteiger partial charge in [0.2, 0.25) is 5.91 Å². The highest BCUT2D eigenvalue weighted by atomic mass is 32.2. The van der Waals surface area contributed by atoms with Crippen molar-refractivity contribution in [3.8, 4) is 0 Å². The first-order chi connectivity index (χ1) is 13.4. The van der Waals surface area contributed by atoms with Crippen molar-refractivity contribution in [2.45, 2.75) is 20.5 Å². The zero-order chi connectivity index (χ0) is 20.5. The number of methoxy groups -OCH3 is 1. The van der Waals surface area contributed by atoms with Crippen LogP contribution in [0.25, 0.3) is 0 Å². The molecule has 0 aliphatic rings. The maximum atomic E-state index is 12.0. The molecule has 0 heterocycles. The summed E-state index contributed by atoms with van der Waals surface area (Å²) in [6.45, 7) is 4.04. The summed E-state index contributed by atoms with van der Waals surface area (Å²) in [4.78, 5) is 35.2. The van der Waals surface area contributed by atoms with Crippen LogP contribution in [0.15, 0.2) is 42.5 Å². The molecule has 0 spiro atoms. The molecular formula is C21H23NO5S. The molecule has 2 aromatic carbocycles. The molecule has 0 atom stereocenters. The van der Waals surface area contributed by atoms with Crippen LogP contribution in [0.4, 0.5) is 5.69 Å². The SMILES string of the molecule is COC(=O)c1ccc(COC(=O)CSCC(=O)Nc2ccc(C)cc2C)cc1. The normalized spacial score (nSPS) is 10.2. The van der Waals surface area contributed by atoms with E-state index in [9.17, 15) is 14.4 Å². The van der Waals surface area contributed by atoms with Gasteiger partial charge in [-0.25, -0.2) is 4.79 Å². The van der Waals surface area contributed by atoms with Gasteiger partial charge in [-0.15, -0.1) is 11.8 Å². The van der Waals surface area contributed by atoms with E-state index < -0.39 is 11.9 Å². The number of aryl methyl sites for hydroxylation is 2. The van der Waals surface area contributed by atoms with E-state index in [0.717, 1.165) is 22.4 Å². The number of anilines is 1. The Bertz CT molecular complexity index is 848. The minimum absolute atomic E-state index is 0.0839. The fourth-order valence-corrected chi connectivity index (χ4v) is 3.04. The molecule has 0 saturated heterocycles. The lowest BCUT2D eigenvalue weighted by Crippen LogP contribution is -2.17. The van der Waals surface area contributed by atoms with Gasteiger partial charge in [0.1, 0.15) is 6.61 Å². The van der Waals surface area contributed by atoms with E-state index in [1.807, 2.05) is 32.0 Å². The molecule has 2 rings (SSSR count). The van der Waals surface area contributed by atoms with Crippen LogP contribution >= 0.6 is 11.8 Å². The highest BCUT2D eigenvalue weighted by Crippen LogP contribution is 2.16. The van der Waals surface area contributed by atoms with Crippen molar-refractivity contribution in [3.63, 3.8) is 0 Å². The van der Waals surface area contributed by atoms with Crippen molar-refractivity contribution in [1.29, 1.82) is 0 Å². The molecule has 0 bridgehead atoms. The van der Waals surface area contributed by atoms with Crippen molar-refractivity contribution in [1.82, 2.24) is 0 Å². The maximum Gasteiger partial charge on any atom is 0.337 e. The Hall–Kier alpha value is -2.80. The molecule has 0 saturated carbocycles. The van der Waals surface area contributed by atoms with Crippen LogP contribution in [0.3, 0.4) is 0 Å². The third-order valence-electron chi connectivity index (χ3n) is 3.88. The van der Waals surface area contributed by atoms with Crippen LogP contribution in [0.1, 0.15) is 27.0 Å². The van der Waals surface area contributed by atoms with E-state index >= 15 is 0 Å². The molecule has 0 aliphatic carbocycles. The smallest absolute Gasteiger partial charge is 0.337 e. The number of thioether (sulfide) groups is 1. The molecule has 6 nitrogen and oxygen atoms in total. The highest BCUT2D eigenvalue weighted by molar-refractivity contribution is 8.00. The van der Waals surface area contributed by atoms with Crippen molar-refractivity contribution in [3.05, 3.63) is 64.7 Å². The van der Waals surface area contributed by atoms with Gasteiger partial charge in [0, 0.05) is 5.69 Å². The second kappa shape index (κ2) is 10.5. The van der Waals surface area contributed by atoms with E-state index in [1.54, 1.807) is 24.3 Å². The second-order valence-electron chi connectivity index (χ2n) is 6.21. The first-order valence-corrected chi connectivity index (χ1v) is 9.82. The molecule has 148 valence electrons. The Balaban J connectivity index is 1.69. The van der Waals surface area contributed by atoms with E-state index in [4.69, 9.17) is 4.74 Å². The van der Waals surface area contributed by atoms with E-state index in [0.29, 0.717) is 5.56 Å². The third-order valence-corrected chi connectivity index (χ3v) is 4.79. The fourth-order valence-electron chi connectivity index (χ4n) is 2.43. The van der Waals surface area contributed by atoms with Gasteiger partial charge in [-0.3, -0.25) is 9.59 Å². The average Bonchev–Trinajstić information content (AvgIpc) is 2.68. The number of nitrogens with one attached hydrogen (secondary N) is 1. The summed E-state index contributed by atoms with van der Waals surface area (Å²) in [5, 5.41) is 2.84. The van der Waals surface area contributed by atoms with Gasteiger partial charge in [-0.2, -0.15) is 0 Å². The first-order valence-electron chi connectivity index (χ1n) is 8.66. The van der Waals surface area contributed by atoms with Crippen LogP contribution in [0.5, 0.6) is 0 Å². The van der Waals surface area contributed by atoms with Gasteiger partial charge >= 0.3 is 11.9 Å². The summed E-state index contributed by atoms with van der Waals surface area (Å²) in [6.07, 6.45) is 0. The average molecular weight is 401 g/mol. The van der Waals surface area contributed by atoms with Gasteiger partial charge in [0.25, 0.3) is 0 Å². The molecule has 2 aromatic rings. The number of benzene rings is 2. The number of hydrogen-bond acceptors (Lipinski definition) is 6. The van der Waals surface area contributed by atoms with Crippen LogP contribution in [-0.2, 0) is 25.7 Å². The topological polar surface area (TPSA) is 81.7 Å². The zero-order valence-electron chi connectivity index (χ0n) is 16.1. The lowest BCUT2D eigenvalue weighted by Gasteiger charge is -2.09. The number of rotatable bonds is 8. The molecule has 1 amide bonds.